The zero-order valence-corrected chi connectivity index (χ0v) is 18.1. The van der Waals surface area contributed by atoms with Gasteiger partial charge in [-0.25, -0.2) is 4.98 Å². The Hall–Kier alpha value is -3.41. The van der Waals surface area contributed by atoms with Crippen molar-refractivity contribution in [3.05, 3.63) is 71.6 Å². The van der Waals surface area contributed by atoms with Gasteiger partial charge in [0.2, 0.25) is 17.7 Å². The molecule has 0 fully saturated rings. The van der Waals surface area contributed by atoms with Crippen LogP contribution in [0.1, 0.15) is 56.0 Å². The summed E-state index contributed by atoms with van der Waals surface area (Å²) < 4.78 is 5.78. The highest BCUT2D eigenvalue weighted by Crippen LogP contribution is 2.32. The molecule has 1 atom stereocenters. The first-order valence-electron chi connectivity index (χ1n) is 10.6. The Kier molecular flexibility index (Phi) is 5.89. The van der Waals surface area contributed by atoms with Gasteiger partial charge in [-0.1, -0.05) is 38.1 Å². The lowest BCUT2D eigenvalue weighted by molar-refractivity contribution is -0.132. The number of carbonyl (C=O) groups is 2. The van der Waals surface area contributed by atoms with Crippen LogP contribution in [0.25, 0.3) is 11.5 Å². The minimum atomic E-state index is -0.247. The molecule has 2 aromatic carbocycles. The highest BCUT2D eigenvalue weighted by atomic mass is 16.4. The maximum atomic E-state index is 12.8. The minimum Gasteiger partial charge on any atom is -0.441 e. The summed E-state index contributed by atoms with van der Waals surface area (Å²) in [6, 6.07) is 15.2. The van der Waals surface area contributed by atoms with Crippen molar-refractivity contribution in [2.24, 2.45) is 0 Å². The van der Waals surface area contributed by atoms with Crippen LogP contribution in [0.5, 0.6) is 0 Å². The van der Waals surface area contributed by atoms with Gasteiger partial charge in [-0.15, -0.1) is 0 Å². The SMILES string of the molecule is CC(=O)N1CCc2ccccc2C1CC(=O)Nc1ccc(-c2ncc(C(C)C)o2)cc1. The number of hydrogen-bond acceptors (Lipinski definition) is 4. The van der Waals surface area contributed by atoms with Crippen molar-refractivity contribution in [2.45, 2.75) is 45.6 Å². The van der Waals surface area contributed by atoms with E-state index in [0.29, 0.717) is 18.1 Å². The van der Waals surface area contributed by atoms with Crippen molar-refractivity contribution in [3.63, 3.8) is 0 Å². The Morgan fingerprint density at radius 2 is 1.90 bits per heavy atom. The number of oxazole rings is 1. The highest BCUT2D eigenvalue weighted by molar-refractivity contribution is 5.92. The standard InChI is InChI=1S/C25H27N3O3/c1-16(2)23-15-26-25(31-23)19-8-10-20(11-9-19)27-24(30)14-22-21-7-5-4-6-18(21)12-13-28(22)17(3)29/h4-11,15-16,22H,12-14H2,1-3H3,(H,27,30). The van der Waals surface area contributed by atoms with E-state index in [2.05, 4.69) is 30.2 Å². The van der Waals surface area contributed by atoms with Gasteiger partial charge in [-0.3, -0.25) is 9.59 Å². The third-order valence-corrected chi connectivity index (χ3v) is 5.70. The van der Waals surface area contributed by atoms with Crippen LogP contribution in [-0.2, 0) is 16.0 Å². The summed E-state index contributed by atoms with van der Waals surface area (Å²) in [6.45, 7) is 6.31. The van der Waals surface area contributed by atoms with Crippen molar-refractivity contribution in [1.29, 1.82) is 0 Å². The Balaban J connectivity index is 1.46. The number of benzene rings is 2. The monoisotopic (exact) mass is 417 g/mol. The summed E-state index contributed by atoms with van der Waals surface area (Å²) in [4.78, 5) is 31.1. The van der Waals surface area contributed by atoms with E-state index < -0.39 is 0 Å². The lowest BCUT2D eigenvalue weighted by Gasteiger charge is -2.36. The molecule has 6 nitrogen and oxygen atoms in total. The van der Waals surface area contributed by atoms with E-state index in [1.807, 2.05) is 42.5 Å². The number of amides is 2. The zero-order valence-electron chi connectivity index (χ0n) is 18.1. The van der Waals surface area contributed by atoms with Crippen LogP contribution in [0.4, 0.5) is 5.69 Å². The quantitative estimate of drug-likeness (QED) is 0.638. The predicted octanol–water partition coefficient (Wildman–Crippen LogP) is 4.94. The molecule has 2 amide bonds. The summed E-state index contributed by atoms with van der Waals surface area (Å²) in [7, 11) is 0. The van der Waals surface area contributed by atoms with Gasteiger partial charge in [0.25, 0.3) is 0 Å². The maximum Gasteiger partial charge on any atom is 0.226 e. The van der Waals surface area contributed by atoms with Gasteiger partial charge >= 0.3 is 0 Å². The van der Waals surface area contributed by atoms with E-state index in [1.165, 1.54) is 5.56 Å². The summed E-state index contributed by atoms with van der Waals surface area (Å²) in [5.74, 6) is 1.55. The highest BCUT2D eigenvalue weighted by Gasteiger charge is 2.30. The third kappa shape index (κ3) is 4.53. The molecule has 160 valence electrons. The fourth-order valence-electron chi connectivity index (χ4n) is 4.02. The van der Waals surface area contributed by atoms with Crippen molar-refractivity contribution in [3.8, 4) is 11.5 Å². The lowest BCUT2D eigenvalue weighted by Crippen LogP contribution is -2.40. The average molecular weight is 418 g/mol. The van der Waals surface area contributed by atoms with E-state index >= 15 is 0 Å². The molecule has 1 aliphatic heterocycles. The van der Waals surface area contributed by atoms with E-state index in [0.717, 1.165) is 23.3 Å². The van der Waals surface area contributed by atoms with E-state index in [9.17, 15) is 9.59 Å². The lowest BCUT2D eigenvalue weighted by atomic mass is 9.90. The zero-order chi connectivity index (χ0) is 22.0. The number of rotatable bonds is 5. The first kappa shape index (κ1) is 20.8. The molecule has 0 saturated heterocycles. The van der Waals surface area contributed by atoms with Gasteiger partial charge < -0.3 is 14.6 Å². The first-order chi connectivity index (χ1) is 14.9. The number of aromatic nitrogens is 1. The predicted molar refractivity (Wildman–Crippen MR) is 120 cm³/mol. The van der Waals surface area contributed by atoms with Crippen molar-refractivity contribution < 1.29 is 14.0 Å². The number of carbonyl (C=O) groups excluding carboxylic acids is 2. The van der Waals surface area contributed by atoms with Gasteiger partial charge in [-0.05, 0) is 41.8 Å². The van der Waals surface area contributed by atoms with Crippen molar-refractivity contribution in [2.75, 3.05) is 11.9 Å². The van der Waals surface area contributed by atoms with Gasteiger partial charge in [0, 0.05) is 30.6 Å². The van der Waals surface area contributed by atoms with E-state index in [-0.39, 0.29) is 30.2 Å². The molecule has 1 aromatic heterocycles. The number of nitrogens with zero attached hydrogens (tertiary/aromatic N) is 2. The summed E-state index contributed by atoms with van der Waals surface area (Å²) >= 11 is 0. The Morgan fingerprint density at radius 1 is 1.16 bits per heavy atom. The van der Waals surface area contributed by atoms with Crippen LogP contribution in [0, 0.1) is 0 Å². The van der Waals surface area contributed by atoms with E-state index in [1.54, 1.807) is 18.0 Å². The molecule has 0 bridgehead atoms. The second-order valence-corrected chi connectivity index (χ2v) is 8.23. The molecule has 6 heteroatoms. The largest absolute Gasteiger partial charge is 0.441 e. The molecule has 1 aliphatic rings. The fourth-order valence-corrected chi connectivity index (χ4v) is 4.02. The third-order valence-electron chi connectivity index (χ3n) is 5.70. The topological polar surface area (TPSA) is 75.4 Å². The van der Waals surface area contributed by atoms with Crippen molar-refractivity contribution in [1.82, 2.24) is 9.88 Å². The van der Waals surface area contributed by atoms with E-state index in [4.69, 9.17) is 4.42 Å². The molecule has 2 heterocycles. The second kappa shape index (κ2) is 8.76. The van der Waals surface area contributed by atoms with Crippen LogP contribution in [0.15, 0.2) is 59.1 Å². The molecule has 1 N–H and O–H groups in total. The smallest absolute Gasteiger partial charge is 0.226 e. The molecular weight excluding hydrogens is 390 g/mol. The van der Waals surface area contributed by atoms with Crippen molar-refractivity contribution >= 4 is 17.5 Å². The number of hydrogen-bond donors (Lipinski definition) is 1. The Bertz CT molecular complexity index is 1090. The van der Waals surface area contributed by atoms with Crippen LogP contribution in [0.2, 0.25) is 0 Å². The number of anilines is 1. The Labute approximate surface area is 182 Å². The van der Waals surface area contributed by atoms with Gasteiger partial charge in [0.1, 0.15) is 5.76 Å². The average Bonchev–Trinajstić information content (AvgIpc) is 3.25. The molecule has 0 aliphatic carbocycles. The van der Waals surface area contributed by atoms with Gasteiger partial charge in [-0.2, -0.15) is 0 Å². The first-order valence-corrected chi connectivity index (χ1v) is 10.6. The summed E-state index contributed by atoms with van der Waals surface area (Å²) in [6.07, 6.45) is 2.78. The molecule has 4 rings (SSSR count). The van der Waals surface area contributed by atoms with Gasteiger partial charge in [0.05, 0.1) is 18.7 Å². The molecule has 0 spiro atoms. The Morgan fingerprint density at radius 3 is 2.58 bits per heavy atom. The fraction of sp³-hybridized carbons (Fsp3) is 0.320. The van der Waals surface area contributed by atoms with Crippen LogP contribution in [0.3, 0.4) is 0 Å². The molecule has 3 aromatic rings. The van der Waals surface area contributed by atoms with Crippen LogP contribution < -0.4 is 5.32 Å². The van der Waals surface area contributed by atoms with Crippen LogP contribution >= 0.6 is 0 Å². The van der Waals surface area contributed by atoms with Gasteiger partial charge in [0.15, 0.2) is 0 Å². The second-order valence-electron chi connectivity index (χ2n) is 8.23. The molecule has 0 saturated carbocycles. The minimum absolute atomic E-state index is 0.0108. The molecule has 0 radical (unpaired) electrons. The normalized spacial score (nSPS) is 15.6. The number of fused-ring (bicyclic) bond motifs is 1. The maximum absolute atomic E-state index is 12.8. The van der Waals surface area contributed by atoms with Crippen LogP contribution in [-0.4, -0.2) is 28.2 Å². The summed E-state index contributed by atoms with van der Waals surface area (Å²) in [5.41, 5.74) is 3.81. The molecule has 1 unspecified atom stereocenters. The molecule has 31 heavy (non-hydrogen) atoms. The molecular formula is C25H27N3O3. The number of nitrogens with one attached hydrogen (secondary N) is 1. The summed E-state index contributed by atoms with van der Waals surface area (Å²) in [5, 5.41) is 2.95.